The van der Waals surface area contributed by atoms with Gasteiger partial charge in [-0.15, -0.1) is 0 Å². The minimum atomic E-state index is -0.722. The van der Waals surface area contributed by atoms with Gasteiger partial charge in [-0.2, -0.15) is 19.6 Å². The van der Waals surface area contributed by atoms with Crippen molar-refractivity contribution in [2.75, 3.05) is 0 Å². The summed E-state index contributed by atoms with van der Waals surface area (Å²) in [7, 11) is 0. The van der Waals surface area contributed by atoms with Crippen molar-refractivity contribution in [1.82, 2.24) is 0 Å². The Kier molecular flexibility index (Phi) is 3.87. The molecule has 3 rings (SSSR count). The second kappa shape index (κ2) is 5.24. The van der Waals surface area contributed by atoms with Crippen LogP contribution in [0.1, 0.15) is 66.2 Å². The fraction of sp³-hybridized carbons (Fsp3) is 1.00. The van der Waals surface area contributed by atoms with Gasteiger partial charge in [-0.05, 0) is 25.7 Å². The predicted octanol–water partition coefficient (Wildman–Crippen LogP) is 4.20. The van der Waals surface area contributed by atoms with Gasteiger partial charge >= 0.3 is 0 Å². The fourth-order valence-corrected chi connectivity index (χ4v) is 4.18. The van der Waals surface area contributed by atoms with E-state index >= 15 is 0 Å². The van der Waals surface area contributed by atoms with Gasteiger partial charge in [-0.3, -0.25) is 0 Å². The lowest BCUT2D eigenvalue weighted by atomic mass is 9.76. The summed E-state index contributed by atoms with van der Waals surface area (Å²) in [4.78, 5) is 23.7. The third kappa shape index (κ3) is 2.04. The van der Waals surface area contributed by atoms with Crippen molar-refractivity contribution in [1.29, 1.82) is 0 Å². The second-order valence-corrected chi connectivity index (χ2v) is 7.24. The van der Waals surface area contributed by atoms with Crippen molar-refractivity contribution in [2.24, 2.45) is 23.7 Å². The average molecular weight is 284 g/mol. The topological polar surface area (TPSA) is 36.9 Å². The van der Waals surface area contributed by atoms with Crippen molar-refractivity contribution < 1.29 is 19.6 Å². The zero-order valence-corrected chi connectivity index (χ0v) is 13.2. The van der Waals surface area contributed by atoms with E-state index in [0.717, 1.165) is 25.7 Å². The number of hydrogen-bond donors (Lipinski definition) is 0. The highest BCUT2D eigenvalue weighted by Crippen LogP contribution is 2.51. The Morgan fingerprint density at radius 2 is 0.800 bits per heavy atom. The highest BCUT2D eigenvalue weighted by molar-refractivity contribution is 4.90. The summed E-state index contributed by atoms with van der Waals surface area (Å²) >= 11 is 0. The Morgan fingerprint density at radius 3 is 1.05 bits per heavy atom. The van der Waals surface area contributed by atoms with E-state index in [1.807, 2.05) is 0 Å². The third-order valence-electron chi connectivity index (χ3n) is 5.90. The van der Waals surface area contributed by atoms with Gasteiger partial charge in [0.05, 0.1) is 0 Å². The highest BCUT2D eigenvalue weighted by atomic mass is 17.4. The van der Waals surface area contributed by atoms with Crippen molar-refractivity contribution in [3.8, 4) is 0 Å². The van der Waals surface area contributed by atoms with Crippen LogP contribution in [0.4, 0.5) is 0 Å². The van der Waals surface area contributed by atoms with Gasteiger partial charge in [0.15, 0.2) is 0 Å². The van der Waals surface area contributed by atoms with Gasteiger partial charge in [0.25, 0.3) is 0 Å². The van der Waals surface area contributed by atoms with Crippen LogP contribution in [-0.4, -0.2) is 11.6 Å². The first-order chi connectivity index (χ1) is 9.51. The second-order valence-electron chi connectivity index (χ2n) is 7.24. The quantitative estimate of drug-likeness (QED) is 0.625. The minimum Gasteiger partial charge on any atom is -0.194 e. The molecular weight excluding hydrogens is 256 g/mol. The van der Waals surface area contributed by atoms with E-state index in [2.05, 4.69) is 27.7 Å². The van der Waals surface area contributed by atoms with Crippen molar-refractivity contribution >= 4 is 0 Å². The van der Waals surface area contributed by atoms with Crippen LogP contribution in [0, 0.1) is 23.7 Å². The van der Waals surface area contributed by atoms with Crippen LogP contribution in [0.3, 0.4) is 0 Å². The van der Waals surface area contributed by atoms with E-state index in [4.69, 9.17) is 19.6 Å². The van der Waals surface area contributed by atoms with Crippen LogP contribution in [0.25, 0.3) is 0 Å². The third-order valence-corrected chi connectivity index (χ3v) is 5.90. The summed E-state index contributed by atoms with van der Waals surface area (Å²) < 4.78 is 0. The van der Waals surface area contributed by atoms with Crippen molar-refractivity contribution in [3.05, 3.63) is 0 Å². The van der Waals surface area contributed by atoms with E-state index in [-0.39, 0.29) is 23.7 Å². The molecule has 1 aliphatic heterocycles. The molecule has 0 unspecified atom stereocenters. The molecule has 1 heterocycles. The zero-order valence-electron chi connectivity index (χ0n) is 13.2. The molecule has 4 heteroatoms. The van der Waals surface area contributed by atoms with Gasteiger partial charge in [-0.1, -0.05) is 40.5 Å². The first kappa shape index (κ1) is 14.8. The molecule has 3 aliphatic rings. The smallest absolute Gasteiger partial charge is 0.194 e. The summed E-state index contributed by atoms with van der Waals surface area (Å²) in [6, 6.07) is 0. The van der Waals surface area contributed by atoms with Crippen molar-refractivity contribution in [2.45, 2.75) is 77.8 Å². The molecule has 0 aromatic carbocycles. The minimum absolute atomic E-state index is 0.290. The molecule has 0 N–H and O–H groups in total. The van der Waals surface area contributed by atoms with E-state index in [1.54, 1.807) is 0 Å². The maximum atomic E-state index is 5.92. The SMILES string of the molecule is C[C@@H]1CCC[C@@H](C)C12OOC1(OO2)[C@@H](C)CCC[C@@H]1C. The first-order valence-corrected chi connectivity index (χ1v) is 8.25. The van der Waals surface area contributed by atoms with Gasteiger partial charge in [0.2, 0.25) is 11.6 Å². The molecule has 0 radical (unpaired) electrons. The molecule has 2 spiro atoms. The summed E-state index contributed by atoms with van der Waals surface area (Å²) in [6.07, 6.45) is 6.80. The van der Waals surface area contributed by atoms with Crippen LogP contribution in [-0.2, 0) is 19.6 Å². The lowest BCUT2D eigenvalue weighted by Crippen LogP contribution is -2.62. The predicted molar refractivity (Wildman–Crippen MR) is 74.2 cm³/mol. The lowest BCUT2D eigenvalue weighted by molar-refractivity contribution is -0.686. The first-order valence-electron chi connectivity index (χ1n) is 8.25. The molecule has 0 aromatic rings. The summed E-state index contributed by atoms with van der Waals surface area (Å²) in [5.74, 6) is -0.285. The Hall–Kier alpha value is -0.160. The van der Waals surface area contributed by atoms with Crippen LogP contribution < -0.4 is 0 Å². The lowest BCUT2D eigenvalue weighted by Gasteiger charge is -2.53. The molecule has 1 saturated heterocycles. The van der Waals surface area contributed by atoms with Crippen molar-refractivity contribution in [3.63, 3.8) is 0 Å². The molecule has 0 aromatic heterocycles. The van der Waals surface area contributed by atoms with E-state index in [0.29, 0.717) is 0 Å². The zero-order chi connectivity index (χ0) is 14.4. The monoisotopic (exact) mass is 284 g/mol. The van der Waals surface area contributed by atoms with Crippen LogP contribution >= 0.6 is 0 Å². The fourth-order valence-electron chi connectivity index (χ4n) is 4.18. The van der Waals surface area contributed by atoms with Crippen LogP contribution in [0.5, 0.6) is 0 Å². The molecule has 0 bridgehead atoms. The Balaban J connectivity index is 1.78. The molecule has 4 nitrogen and oxygen atoms in total. The molecule has 2 saturated carbocycles. The standard InChI is InChI=1S/C16H28O4/c1-11-7-5-8-12(2)15(11)17-19-16(20-18-15)13(3)9-6-10-14(16)4/h11-14H,5-10H2,1-4H3/t11-,12-,13+,14+. The highest BCUT2D eigenvalue weighted by Gasteiger charge is 2.59. The molecule has 2 aliphatic carbocycles. The molecule has 116 valence electrons. The van der Waals surface area contributed by atoms with Crippen LogP contribution in [0.15, 0.2) is 0 Å². The maximum Gasteiger partial charge on any atom is 0.239 e. The molecular formula is C16H28O4. The Bertz CT molecular complexity index is 290. The Morgan fingerprint density at radius 1 is 0.550 bits per heavy atom. The normalized spacial score (nSPS) is 43.8. The molecule has 0 amide bonds. The van der Waals surface area contributed by atoms with E-state index in [9.17, 15) is 0 Å². The largest absolute Gasteiger partial charge is 0.239 e. The van der Waals surface area contributed by atoms with Gasteiger partial charge < -0.3 is 0 Å². The molecule has 3 fully saturated rings. The summed E-state index contributed by atoms with van der Waals surface area (Å²) in [5, 5.41) is 0. The number of hydrogen-bond acceptors (Lipinski definition) is 4. The molecule has 20 heavy (non-hydrogen) atoms. The van der Waals surface area contributed by atoms with Gasteiger partial charge in [0, 0.05) is 23.7 Å². The van der Waals surface area contributed by atoms with E-state index < -0.39 is 11.6 Å². The number of rotatable bonds is 0. The van der Waals surface area contributed by atoms with Gasteiger partial charge in [-0.25, -0.2) is 0 Å². The Labute approximate surface area is 122 Å². The van der Waals surface area contributed by atoms with E-state index in [1.165, 1.54) is 12.8 Å². The maximum absolute atomic E-state index is 5.92. The average Bonchev–Trinajstić information content (AvgIpc) is 2.44. The van der Waals surface area contributed by atoms with Gasteiger partial charge in [0.1, 0.15) is 0 Å². The summed E-state index contributed by atoms with van der Waals surface area (Å²) in [6.45, 7) is 8.64. The molecule has 4 atom stereocenters. The van der Waals surface area contributed by atoms with Crippen LogP contribution in [0.2, 0.25) is 0 Å². The summed E-state index contributed by atoms with van der Waals surface area (Å²) in [5.41, 5.74) is 0.